The number of carbonyl (C=O) groups is 2. The summed E-state index contributed by atoms with van der Waals surface area (Å²) in [5.74, 6) is 0.304. The first kappa shape index (κ1) is 18.7. The number of benzene rings is 2. The van der Waals surface area contributed by atoms with E-state index in [-0.39, 0.29) is 19.3 Å². The highest BCUT2D eigenvalue weighted by Gasteiger charge is 2.21. The second-order valence-corrected chi connectivity index (χ2v) is 6.49. The molecule has 0 fully saturated rings. The van der Waals surface area contributed by atoms with Crippen molar-refractivity contribution in [1.82, 2.24) is 20.3 Å². The van der Waals surface area contributed by atoms with Gasteiger partial charge >= 0.3 is 5.97 Å². The van der Waals surface area contributed by atoms with Gasteiger partial charge in [0.15, 0.2) is 18.1 Å². The average molecular weight is 396 g/mol. The number of para-hydroxylation sites is 2. The van der Waals surface area contributed by atoms with Gasteiger partial charge in [0.2, 0.25) is 0 Å². The molecule has 0 unspecified atom stereocenters. The number of hydrogen-bond acceptors (Lipinski definition) is 7. The molecule has 0 saturated carbocycles. The van der Waals surface area contributed by atoms with Crippen molar-refractivity contribution in [2.75, 3.05) is 19.8 Å². The van der Waals surface area contributed by atoms with Crippen molar-refractivity contribution in [1.29, 1.82) is 0 Å². The van der Waals surface area contributed by atoms with E-state index in [1.54, 1.807) is 28.9 Å². The van der Waals surface area contributed by atoms with E-state index in [9.17, 15) is 9.59 Å². The Hall–Kier alpha value is -3.62. The third kappa shape index (κ3) is 4.13. The van der Waals surface area contributed by atoms with Gasteiger partial charge in [0.25, 0.3) is 5.91 Å². The van der Waals surface area contributed by atoms with Gasteiger partial charge in [-0.25, -0.2) is 9.48 Å². The molecule has 1 N–H and O–H groups in total. The molecule has 0 bridgehead atoms. The molecule has 150 valence electrons. The molecule has 29 heavy (non-hydrogen) atoms. The second kappa shape index (κ2) is 8.17. The quantitative estimate of drug-likeness (QED) is 0.631. The highest BCUT2D eigenvalue weighted by atomic mass is 16.6. The zero-order valence-corrected chi connectivity index (χ0v) is 15.8. The third-order valence-electron chi connectivity index (χ3n) is 4.48. The molecule has 1 aromatic heterocycles. The molecule has 0 spiro atoms. The third-order valence-corrected chi connectivity index (χ3v) is 4.48. The minimum atomic E-state index is -0.598. The van der Waals surface area contributed by atoms with Crippen LogP contribution in [0.25, 0.3) is 11.0 Å². The zero-order chi connectivity index (χ0) is 20.2. The molecule has 2 aromatic carbocycles. The van der Waals surface area contributed by atoms with Crippen LogP contribution in [0.4, 0.5) is 0 Å². The van der Waals surface area contributed by atoms with Gasteiger partial charge in [0.05, 0.1) is 17.6 Å². The van der Waals surface area contributed by atoms with Crippen molar-refractivity contribution in [3.63, 3.8) is 0 Å². The van der Waals surface area contributed by atoms with Crippen molar-refractivity contribution in [3.8, 4) is 11.5 Å². The Balaban J connectivity index is 1.26. The van der Waals surface area contributed by atoms with Crippen LogP contribution in [0.5, 0.6) is 11.5 Å². The SMILES string of the molecule is CCn1nnc2cc(C(=O)OCC(=O)NC[C@@H]3COc4ccccc4O3)ccc21. The molecule has 1 aliphatic heterocycles. The number of esters is 1. The lowest BCUT2D eigenvalue weighted by atomic mass is 10.2. The zero-order valence-electron chi connectivity index (χ0n) is 15.8. The van der Waals surface area contributed by atoms with Crippen LogP contribution >= 0.6 is 0 Å². The molecular formula is C20H20N4O5. The summed E-state index contributed by atoms with van der Waals surface area (Å²) in [6.45, 7) is 2.83. The fraction of sp³-hybridized carbons (Fsp3) is 0.300. The van der Waals surface area contributed by atoms with Crippen molar-refractivity contribution in [2.45, 2.75) is 19.6 Å². The Morgan fingerprint density at radius 1 is 1.24 bits per heavy atom. The number of aryl methyl sites for hydroxylation is 1. The normalized spacial score (nSPS) is 15.1. The number of carbonyl (C=O) groups excluding carboxylic acids is 2. The molecule has 0 aliphatic carbocycles. The van der Waals surface area contributed by atoms with Gasteiger partial charge < -0.3 is 19.5 Å². The van der Waals surface area contributed by atoms with Crippen LogP contribution in [-0.4, -0.2) is 52.7 Å². The number of rotatable bonds is 6. The number of nitrogens with one attached hydrogen (secondary N) is 1. The largest absolute Gasteiger partial charge is 0.486 e. The van der Waals surface area contributed by atoms with Gasteiger partial charge in [-0.3, -0.25) is 4.79 Å². The van der Waals surface area contributed by atoms with Crippen LogP contribution in [-0.2, 0) is 16.1 Å². The van der Waals surface area contributed by atoms with E-state index in [0.29, 0.717) is 35.7 Å². The van der Waals surface area contributed by atoms with E-state index in [4.69, 9.17) is 14.2 Å². The van der Waals surface area contributed by atoms with Crippen LogP contribution in [0.2, 0.25) is 0 Å². The summed E-state index contributed by atoms with van der Waals surface area (Å²) in [4.78, 5) is 24.2. The Kier molecular flexibility index (Phi) is 5.28. The van der Waals surface area contributed by atoms with Gasteiger partial charge in [0.1, 0.15) is 18.2 Å². The fourth-order valence-electron chi connectivity index (χ4n) is 2.99. The lowest BCUT2D eigenvalue weighted by Crippen LogP contribution is -2.42. The van der Waals surface area contributed by atoms with Crippen LogP contribution in [0, 0.1) is 0 Å². The van der Waals surface area contributed by atoms with Crippen LogP contribution in [0.1, 0.15) is 17.3 Å². The molecule has 1 amide bonds. The number of nitrogens with zero attached hydrogens (tertiary/aromatic N) is 3. The van der Waals surface area contributed by atoms with Gasteiger partial charge in [-0.15, -0.1) is 5.10 Å². The monoisotopic (exact) mass is 396 g/mol. The second-order valence-electron chi connectivity index (χ2n) is 6.49. The van der Waals surface area contributed by atoms with Crippen LogP contribution in [0.3, 0.4) is 0 Å². The first-order chi connectivity index (χ1) is 14.1. The molecule has 9 nitrogen and oxygen atoms in total. The fourth-order valence-corrected chi connectivity index (χ4v) is 2.99. The smallest absolute Gasteiger partial charge is 0.338 e. The molecule has 0 radical (unpaired) electrons. The predicted octanol–water partition coefficient (Wildman–Crippen LogP) is 1.56. The summed E-state index contributed by atoms with van der Waals surface area (Å²) >= 11 is 0. The summed E-state index contributed by atoms with van der Waals surface area (Å²) < 4.78 is 18.2. The number of ether oxygens (including phenoxy) is 3. The van der Waals surface area contributed by atoms with E-state index in [0.717, 1.165) is 5.52 Å². The number of aromatic nitrogens is 3. The Morgan fingerprint density at radius 3 is 2.90 bits per heavy atom. The molecule has 2 heterocycles. The highest BCUT2D eigenvalue weighted by molar-refractivity contribution is 5.94. The first-order valence-electron chi connectivity index (χ1n) is 9.29. The number of amides is 1. The highest BCUT2D eigenvalue weighted by Crippen LogP contribution is 2.30. The van der Waals surface area contributed by atoms with Gasteiger partial charge in [-0.2, -0.15) is 0 Å². The summed E-state index contributed by atoms with van der Waals surface area (Å²) in [6.07, 6.45) is -0.312. The number of hydrogen-bond donors (Lipinski definition) is 1. The molecule has 4 rings (SSSR count). The minimum Gasteiger partial charge on any atom is -0.486 e. The Labute approximate surface area is 166 Å². The van der Waals surface area contributed by atoms with Gasteiger partial charge in [-0.05, 0) is 37.3 Å². The van der Waals surface area contributed by atoms with Gasteiger partial charge in [-0.1, -0.05) is 17.3 Å². The van der Waals surface area contributed by atoms with Crippen molar-refractivity contribution >= 4 is 22.9 Å². The van der Waals surface area contributed by atoms with Crippen LogP contribution in [0.15, 0.2) is 42.5 Å². The summed E-state index contributed by atoms with van der Waals surface area (Å²) in [7, 11) is 0. The van der Waals surface area contributed by atoms with Crippen molar-refractivity contribution in [2.24, 2.45) is 0 Å². The Bertz CT molecular complexity index is 1050. The standard InChI is InChI=1S/C20H20N4O5/c1-2-24-16-8-7-13(9-15(16)22-23-24)20(26)28-12-19(25)21-10-14-11-27-17-5-3-4-6-18(17)29-14/h3-9,14H,2,10-12H2,1H3,(H,21,25)/t14-/m1/s1. The van der Waals surface area contributed by atoms with E-state index in [1.807, 2.05) is 25.1 Å². The maximum atomic E-state index is 12.2. The average Bonchev–Trinajstić information content (AvgIpc) is 3.18. The summed E-state index contributed by atoms with van der Waals surface area (Å²) in [5.41, 5.74) is 1.74. The van der Waals surface area contributed by atoms with Crippen LogP contribution < -0.4 is 14.8 Å². The summed E-state index contributed by atoms with van der Waals surface area (Å²) in [5, 5.41) is 10.7. The van der Waals surface area contributed by atoms with E-state index in [1.165, 1.54) is 0 Å². The molecule has 3 aromatic rings. The van der Waals surface area contributed by atoms with E-state index in [2.05, 4.69) is 15.6 Å². The lowest BCUT2D eigenvalue weighted by molar-refractivity contribution is -0.124. The molecule has 1 atom stereocenters. The van der Waals surface area contributed by atoms with Crippen molar-refractivity contribution < 1.29 is 23.8 Å². The van der Waals surface area contributed by atoms with Crippen molar-refractivity contribution in [3.05, 3.63) is 48.0 Å². The molecule has 1 aliphatic rings. The molecule has 9 heteroatoms. The minimum absolute atomic E-state index is 0.247. The topological polar surface area (TPSA) is 105 Å². The lowest BCUT2D eigenvalue weighted by Gasteiger charge is -2.26. The maximum absolute atomic E-state index is 12.2. The molecule has 0 saturated heterocycles. The predicted molar refractivity (Wildman–Crippen MR) is 103 cm³/mol. The van der Waals surface area contributed by atoms with E-state index >= 15 is 0 Å². The number of fused-ring (bicyclic) bond motifs is 2. The Morgan fingerprint density at radius 2 is 2.07 bits per heavy atom. The maximum Gasteiger partial charge on any atom is 0.338 e. The van der Waals surface area contributed by atoms with E-state index < -0.39 is 11.9 Å². The van der Waals surface area contributed by atoms with Gasteiger partial charge in [0, 0.05) is 6.54 Å². The molecular weight excluding hydrogens is 376 g/mol. The first-order valence-corrected chi connectivity index (χ1v) is 9.29. The summed E-state index contributed by atoms with van der Waals surface area (Å²) in [6, 6.07) is 12.3.